The number of carbonyl (C=O) groups excluding carboxylic acids is 2. The smallest absolute Gasteiger partial charge is 0.307 e. The van der Waals surface area contributed by atoms with Gasteiger partial charge in [-0.2, -0.15) is 0 Å². The minimum atomic E-state index is -3.72. The number of hydrogen-bond acceptors (Lipinski definition) is 5. The highest BCUT2D eigenvalue weighted by atomic mass is 32.2. The van der Waals surface area contributed by atoms with E-state index in [1.165, 1.54) is 43.3 Å². The summed E-state index contributed by atoms with van der Waals surface area (Å²) in [4.78, 5) is 24.0. The van der Waals surface area contributed by atoms with E-state index in [0.29, 0.717) is 5.56 Å². The maximum absolute atomic E-state index is 12.9. The van der Waals surface area contributed by atoms with Crippen LogP contribution in [-0.4, -0.2) is 32.9 Å². The Kier molecular flexibility index (Phi) is 7.86. The molecule has 1 amide bonds. The SMILES string of the molecule is Cc1ccc(S(=O)(=O)NCCC(=O)O[C@@H](C)C(=O)NCc2ccc(F)cc2)cc1. The zero-order valence-electron chi connectivity index (χ0n) is 16.1. The largest absolute Gasteiger partial charge is 0.453 e. The van der Waals surface area contributed by atoms with Crippen LogP contribution in [0.5, 0.6) is 0 Å². The zero-order valence-corrected chi connectivity index (χ0v) is 17.0. The molecule has 156 valence electrons. The third kappa shape index (κ3) is 7.28. The van der Waals surface area contributed by atoms with Crippen LogP contribution < -0.4 is 10.0 Å². The third-order valence-corrected chi connectivity index (χ3v) is 5.49. The molecule has 2 aromatic rings. The number of halogens is 1. The van der Waals surface area contributed by atoms with Crippen LogP contribution in [0.15, 0.2) is 53.4 Å². The molecule has 2 N–H and O–H groups in total. The molecule has 0 saturated carbocycles. The molecular formula is C20H23FN2O5S. The maximum Gasteiger partial charge on any atom is 0.307 e. The van der Waals surface area contributed by atoms with E-state index in [9.17, 15) is 22.4 Å². The predicted molar refractivity (Wildman–Crippen MR) is 105 cm³/mol. The summed E-state index contributed by atoms with van der Waals surface area (Å²) in [5.74, 6) is -1.59. The lowest BCUT2D eigenvalue weighted by Gasteiger charge is -2.14. The number of ether oxygens (including phenoxy) is 1. The van der Waals surface area contributed by atoms with Gasteiger partial charge in [0.1, 0.15) is 5.82 Å². The highest BCUT2D eigenvalue weighted by molar-refractivity contribution is 7.89. The molecule has 0 bridgehead atoms. The molecule has 0 aromatic heterocycles. The number of benzene rings is 2. The number of nitrogens with one attached hydrogen (secondary N) is 2. The molecule has 0 aliphatic carbocycles. The Balaban J connectivity index is 1.74. The van der Waals surface area contributed by atoms with Gasteiger partial charge < -0.3 is 10.1 Å². The van der Waals surface area contributed by atoms with Crippen LogP contribution in [0.3, 0.4) is 0 Å². The summed E-state index contributed by atoms with van der Waals surface area (Å²) in [5, 5.41) is 2.58. The molecule has 0 unspecified atom stereocenters. The Morgan fingerprint density at radius 2 is 1.69 bits per heavy atom. The van der Waals surface area contributed by atoms with E-state index in [1.807, 2.05) is 6.92 Å². The van der Waals surface area contributed by atoms with Gasteiger partial charge in [0.05, 0.1) is 11.3 Å². The van der Waals surface area contributed by atoms with Gasteiger partial charge in [-0.25, -0.2) is 17.5 Å². The second kappa shape index (κ2) is 10.1. The van der Waals surface area contributed by atoms with E-state index < -0.39 is 28.0 Å². The van der Waals surface area contributed by atoms with E-state index in [4.69, 9.17) is 4.74 Å². The van der Waals surface area contributed by atoms with Gasteiger partial charge in [-0.05, 0) is 43.7 Å². The zero-order chi connectivity index (χ0) is 21.4. The number of aryl methyl sites for hydroxylation is 1. The second-order valence-corrected chi connectivity index (χ2v) is 8.20. The number of carbonyl (C=O) groups is 2. The summed E-state index contributed by atoms with van der Waals surface area (Å²) >= 11 is 0. The molecule has 9 heteroatoms. The fourth-order valence-electron chi connectivity index (χ4n) is 2.33. The molecule has 2 aromatic carbocycles. The van der Waals surface area contributed by atoms with Crippen molar-refractivity contribution in [3.63, 3.8) is 0 Å². The van der Waals surface area contributed by atoms with Crippen LogP contribution in [0.2, 0.25) is 0 Å². The maximum atomic E-state index is 12.9. The van der Waals surface area contributed by atoms with E-state index in [1.54, 1.807) is 12.1 Å². The lowest BCUT2D eigenvalue weighted by atomic mass is 10.2. The molecule has 2 rings (SSSR count). The van der Waals surface area contributed by atoms with Gasteiger partial charge in [0, 0.05) is 13.1 Å². The molecule has 0 heterocycles. The minimum Gasteiger partial charge on any atom is -0.453 e. The first-order chi connectivity index (χ1) is 13.7. The Hall–Kier alpha value is -2.78. The number of amides is 1. The van der Waals surface area contributed by atoms with Gasteiger partial charge in [-0.15, -0.1) is 0 Å². The van der Waals surface area contributed by atoms with Crippen molar-refractivity contribution in [2.45, 2.75) is 37.8 Å². The summed E-state index contributed by atoms with van der Waals surface area (Å²) in [6, 6.07) is 11.9. The van der Waals surface area contributed by atoms with Crippen molar-refractivity contribution in [2.24, 2.45) is 0 Å². The van der Waals surface area contributed by atoms with Crippen LogP contribution >= 0.6 is 0 Å². The number of sulfonamides is 1. The van der Waals surface area contributed by atoms with Gasteiger partial charge >= 0.3 is 5.97 Å². The molecule has 0 spiro atoms. The quantitative estimate of drug-likeness (QED) is 0.603. The molecule has 7 nitrogen and oxygen atoms in total. The van der Waals surface area contributed by atoms with E-state index in [-0.39, 0.29) is 30.2 Å². The average Bonchev–Trinajstić information content (AvgIpc) is 2.67. The Labute approximate surface area is 169 Å². The third-order valence-electron chi connectivity index (χ3n) is 4.01. The van der Waals surface area contributed by atoms with Crippen molar-refractivity contribution in [2.75, 3.05) is 6.54 Å². The summed E-state index contributed by atoms with van der Waals surface area (Å²) in [6.45, 7) is 3.27. The molecule has 0 saturated heterocycles. The van der Waals surface area contributed by atoms with Gasteiger partial charge in [0.15, 0.2) is 6.10 Å². The van der Waals surface area contributed by atoms with Gasteiger partial charge in [0.25, 0.3) is 5.91 Å². The molecule has 1 atom stereocenters. The van der Waals surface area contributed by atoms with Gasteiger partial charge in [-0.1, -0.05) is 29.8 Å². The van der Waals surface area contributed by atoms with E-state index in [0.717, 1.165) is 5.56 Å². The van der Waals surface area contributed by atoms with Crippen molar-refractivity contribution >= 4 is 21.9 Å². The van der Waals surface area contributed by atoms with Crippen molar-refractivity contribution in [3.8, 4) is 0 Å². The number of rotatable bonds is 9. The molecule has 0 aliphatic heterocycles. The second-order valence-electron chi connectivity index (χ2n) is 6.44. The van der Waals surface area contributed by atoms with Crippen LogP contribution in [0.1, 0.15) is 24.5 Å². The lowest BCUT2D eigenvalue weighted by Crippen LogP contribution is -2.36. The topological polar surface area (TPSA) is 102 Å². The van der Waals surface area contributed by atoms with Crippen molar-refractivity contribution in [1.82, 2.24) is 10.0 Å². The fourth-order valence-corrected chi connectivity index (χ4v) is 3.36. The first-order valence-corrected chi connectivity index (χ1v) is 10.4. The minimum absolute atomic E-state index is 0.102. The molecular weight excluding hydrogens is 399 g/mol. The predicted octanol–water partition coefficient (Wildman–Crippen LogP) is 2.05. The van der Waals surface area contributed by atoms with Crippen molar-refractivity contribution < 1.29 is 27.1 Å². The first kappa shape index (κ1) is 22.5. The molecule has 0 radical (unpaired) electrons. The van der Waals surface area contributed by atoms with Crippen LogP contribution in [-0.2, 0) is 30.9 Å². The summed E-state index contributed by atoms with van der Waals surface area (Å²) in [7, 11) is -3.72. The summed E-state index contributed by atoms with van der Waals surface area (Å²) in [5.41, 5.74) is 1.63. The van der Waals surface area contributed by atoms with E-state index in [2.05, 4.69) is 10.0 Å². The summed E-state index contributed by atoms with van der Waals surface area (Å²) < 4.78 is 44.5. The Morgan fingerprint density at radius 3 is 2.31 bits per heavy atom. The monoisotopic (exact) mass is 422 g/mol. The van der Waals surface area contributed by atoms with Crippen LogP contribution in [0, 0.1) is 12.7 Å². The highest BCUT2D eigenvalue weighted by Crippen LogP contribution is 2.10. The Morgan fingerprint density at radius 1 is 1.07 bits per heavy atom. The fraction of sp³-hybridized carbons (Fsp3) is 0.300. The van der Waals surface area contributed by atoms with Gasteiger partial charge in [0.2, 0.25) is 10.0 Å². The average molecular weight is 422 g/mol. The molecule has 0 fully saturated rings. The first-order valence-electron chi connectivity index (χ1n) is 8.95. The van der Waals surface area contributed by atoms with Crippen LogP contribution in [0.4, 0.5) is 4.39 Å². The van der Waals surface area contributed by atoms with E-state index >= 15 is 0 Å². The molecule has 29 heavy (non-hydrogen) atoms. The normalized spacial score (nSPS) is 12.2. The summed E-state index contributed by atoms with van der Waals surface area (Å²) in [6.07, 6.45) is -1.27. The Bertz CT molecular complexity index is 944. The van der Waals surface area contributed by atoms with Crippen LogP contribution in [0.25, 0.3) is 0 Å². The van der Waals surface area contributed by atoms with Gasteiger partial charge in [-0.3, -0.25) is 9.59 Å². The van der Waals surface area contributed by atoms with Crippen molar-refractivity contribution in [3.05, 3.63) is 65.5 Å². The molecule has 0 aliphatic rings. The van der Waals surface area contributed by atoms with Crippen molar-refractivity contribution in [1.29, 1.82) is 0 Å². The lowest BCUT2D eigenvalue weighted by molar-refractivity contribution is -0.154. The number of hydrogen-bond donors (Lipinski definition) is 2. The number of esters is 1. The standard InChI is InChI=1S/C20H23FN2O5S/c1-14-3-9-18(10-4-14)29(26,27)23-12-11-19(24)28-15(2)20(25)22-13-16-5-7-17(21)8-6-16/h3-10,15,23H,11-13H2,1-2H3,(H,22,25)/t15-/m0/s1. The highest BCUT2D eigenvalue weighted by Gasteiger charge is 2.19.